The lowest BCUT2D eigenvalue weighted by Gasteiger charge is -2.34. The Morgan fingerprint density at radius 2 is 2.12 bits per heavy atom. The lowest BCUT2D eigenvalue weighted by Crippen LogP contribution is -2.41. The molecule has 1 heterocycles. The number of aliphatic hydroxyl groups is 1. The van der Waals surface area contributed by atoms with E-state index in [0.29, 0.717) is 12.6 Å². The van der Waals surface area contributed by atoms with E-state index in [1.807, 2.05) is 0 Å². The van der Waals surface area contributed by atoms with Crippen molar-refractivity contribution < 1.29 is 5.11 Å². The third kappa shape index (κ3) is 2.63. The third-order valence-electron chi connectivity index (χ3n) is 3.59. The monoisotopic (exact) mass is 219 g/mol. The smallest absolute Gasteiger partial charge is 0.0586 e. The number of aliphatic hydroxyl groups excluding tert-OH is 1. The van der Waals surface area contributed by atoms with E-state index in [9.17, 15) is 5.11 Å². The van der Waals surface area contributed by atoms with Gasteiger partial charge in [-0.15, -0.1) is 0 Å². The Labute approximate surface area is 97.9 Å². The summed E-state index contributed by atoms with van der Waals surface area (Å²) in [6.45, 7) is 4.57. The molecule has 0 aromatic heterocycles. The standard InChI is InChI=1S/C14H21NO/c1-12-6-2-3-7-13(12)10-15-9-5-4-8-14(15)11-16/h2-3,6-7,14,16H,4-5,8-11H2,1H3. The highest BCUT2D eigenvalue weighted by atomic mass is 16.3. The second kappa shape index (κ2) is 5.46. The molecule has 1 aliphatic rings. The van der Waals surface area contributed by atoms with E-state index in [-0.39, 0.29) is 0 Å². The van der Waals surface area contributed by atoms with Crippen LogP contribution in [-0.4, -0.2) is 29.2 Å². The van der Waals surface area contributed by atoms with Crippen LogP contribution < -0.4 is 0 Å². The van der Waals surface area contributed by atoms with Crippen molar-refractivity contribution in [3.05, 3.63) is 35.4 Å². The minimum atomic E-state index is 0.298. The molecule has 16 heavy (non-hydrogen) atoms. The molecule has 0 radical (unpaired) electrons. The molecule has 1 N–H and O–H groups in total. The van der Waals surface area contributed by atoms with E-state index in [1.165, 1.54) is 24.0 Å². The highest BCUT2D eigenvalue weighted by Gasteiger charge is 2.21. The van der Waals surface area contributed by atoms with Crippen molar-refractivity contribution in [2.75, 3.05) is 13.2 Å². The Kier molecular flexibility index (Phi) is 3.97. The Balaban J connectivity index is 2.05. The molecule has 0 bridgehead atoms. The van der Waals surface area contributed by atoms with Crippen molar-refractivity contribution in [1.82, 2.24) is 4.90 Å². The fraction of sp³-hybridized carbons (Fsp3) is 0.571. The first-order valence-corrected chi connectivity index (χ1v) is 6.20. The first kappa shape index (κ1) is 11.6. The van der Waals surface area contributed by atoms with Gasteiger partial charge in [0.2, 0.25) is 0 Å². The zero-order chi connectivity index (χ0) is 11.4. The molecule has 1 aliphatic heterocycles. The fourth-order valence-electron chi connectivity index (χ4n) is 2.48. The maximum Gasteiger partial charge on any atom is 0.0586 e. The quantitative estimate of drug-likeness (QED) is 0.843. The number of aryl methyl sites for hydroxylation is 1. The van der Waals surface area contributed by atoms with Gasteiger partial charge in [-0.2, -0.15) is 0 Å². The van der Waals surface area contributed by atoms with Gasteiger partial charge in [-0.1, -0.05) is 30.7 Å². The number of rotatable bonds is 3. The highest BCUT2D eigenvalue weighted by molar-refractivity contribution is 5.25. The summed E-state index contributed by atoms with van der Waals surface area (Å²) in [7, 11) is 0. The largest absolute Gasteiger partial charge is 0.395 e. The number of hydrogen-bond acceptors (Lipinski definition) is 2. The van der Waals surface area contributed by atoms with Crippen LogP contribution in [0.2, 0.25) is 0 Å². The van der Waals surface area contributed by atoms with Gasteiger partial charge in [0.25, 0.3) is 0 Å². The normalized spacial score (nSPS) is 22.2. The topological polar surface area (TPSA) is 23.5 Å². The number of benzene rings is 1. The minimum absolute atomic E-state index is 0.298. The second-order valence-corrected chi connectivity index (χ2v) is 4.73. The van der Waals surface area contributed by atoms with Crippen LogP contribution in [0.15, 0.2) is 24.3 Å². The van der Waals surface area contributed by atoms with Crippen molar-refractivity contribution in [2.45, 2.75) is 38.8 Å². The van der Waals surface area contributed by atoms with Crippen molar-refractivity contribution in [2.24, 2.45) is 0 Å². The summed E-state index contributed by atoms with van der Waals surface area (Å²) < 4.78 is 0. The lowest BCUT2D eigenvalue weighted by molar-refractivity contribution is 0.0840. The van der Waals surface area contributed by atoms with Crippen LogP contribution in [0.1, 0.15) is 30.4 Å². The van der Waals surface area contributed by atoms with Crippen LogP contribution in [0.4, 0.5) is 0 Å². The van der Waals surface area contributed by atoms with Crippen molar-refractivity contribution in [3.8, 4) is 0 Å². The summed E-state index contributed by atoms with van der Waals surface area (Å²) in [4.78, 5) is 2.42. The molecular weight excluding hydrogens is 198 g/mol. The lowest BCUT2D eigenvalue weighted by atomic mass is 10.0. The van der Waals surface area contributed by atoms with Gasteiger partial charge in [0.05, 0.1) is 6.61 Å². The van der Waals surface area contributed by atoms with E-state index in [4.69, 9.17) is 0 Å². The van der Waals surface area contributed by atoms with Gasteiger partial charge in [0.15, 0.2) is 0 Å². The van der Waals surface area contributed by atoms with Crippen LogP contribution in [0.25, 0.3) is 0 Å². The van der Waals surface area contributed by atoms with E-state index in [0.717, 1.165) is 19.5 Å². The van der Waals surface area contributed by atoms with Gasteiger partial charge in [-0.25, -0.2) is 0 Å². The van der Waals surface area contributed by atoms with Gasteiger partial charge in [0, 0.05) is 12.6 Å². The molecular formula is C14H21NO. The van der Waals surface area contributed by atoms with E-state index >= 15 is 0 Å². The predicted octanol–water partition coefficient (Wildman–Crippen LogP) is 2.34. The first-order chi connectivity index (χ1) is 7.81. The maximum atomic E-state index is 9.37. The van der Waals surface area contributed by atoms with Crippen LogP contribution >= 0.6 is 0 Å². The summed E-state index contributed by atoms with van der Waals surface area (Å²) in [6, 6.07) is 8.90. The van der Waals surface area contributed by atoms with Crippen molar-refractivity contribution in [3.63, 3.8) is 0 Å². The number of nitrogens with zero attached hydrogens (tertiary/aromatic N) is 1. The summed E-state index contributed by atoms with van der Waals surface area (Å²) in [5, 5.41) is 9.37. The molecule has 1 saturated heterocycles. The molecule has 0 spiro atoms. The van der Waals surface area contributed by atoms with Crippen LogP contribution in [0.5, 0.6) is 0 Å². The molecule has 2 rings (SSSR count). The van der Waals surface area contributed by atoms with E-state index < -0.39 is 0 Å². The summed E-state index contributed by atoms with van der Waals surface area (Å²) in [5.74, 6) is 0. The average Bonchev–Trinajstić information content (AvgIpc) is 2.33. The third-order valence-corrected chi connectivity index (χ3v) is 3.59. The molecule has 2 nitrogen and oxygen atoms in total. The summed E-state index contributed by atoms with van der Waals surface area (Å²) >= 11 is 0. The number of piperidine rings is 1. The maximum absolute atomic E-state index is 9.37. The highest BCUT2D eigenvalue weighted by Crippen LogP contribution is 2.20. The molecule has 0 amide bonds. The Morgan fingerprint density at radius 1 is 1.31 bits per heavy atom. The zero-order valence-electron chi connectivity index (χ0n) is 10.0. The average molecular weight is 219 g/mol. The SMILES string of the molecule is Cc1ccccc1CN1CCCCC1CO. The van der Waals surface area contributed by atoms with Gasteiger partial charge in [-0.05, 0) is 37.4 Å². The number of hydrogen-bond donors (Lipinski definition) is 1. The molecule has 2 heteroatoms. The second-order valence-electron chi connectivity index (χ2n) is 4.73. The molecule has 1 aromatic rings. The van der Waals surface area contributed by atoms with E-state index in [1.54, 1.807) is 0 Å². The summed E-state index contributed by atoms with van der Waals surface area (Å²) in [6.07, 6.45) is 3.67. The van der Waals surface area contributed by atoms with Crippen LogP contribution in [0, 0.1) is 6.92 Å². The molecule has 88 valence electrons. The predicted molar refractivity (Wildman–Crippen MR) is 66.3 cm³/mol. The molecule has 0 aliphatic carbocycles. The fourth-order valence-corrected chi connectivity index (χ4v) is 2.48. The Bertz CT molecular complexity index is 337. The summed E-state index contributed by atoms with van der Waals surface area (Å²) in [5.41, 5.74) is 2.74. The van der Waals surface area contributed by atoms with Gasteiger partial charge in [0.1, 0.15) is 0 Å². The minimum Gasteiger partial charge on any atom is -0.395 e. The van der Waals surface area contributed by atoms with Crippen molar-refractivity contribution >= 4 is 0 Å². The first-order valence-electron chi connectivity index (χ1n) is 6.20. The van der Waals surface area contributed by atoms with Gasteiger partial charge < -0.3 is 5.11 Å². The Morgan fingerprint density at radius 3 is 2.88 bits per heavy atom. The molecule has 1 atom stereocenters. The van der Waals surface area contributed by atoms with E-state index in [2.05, 4.69) is 36.1 Å². The molecule has 1 fully saturated rings. The van der Waals surface area contributed by atoms with Crippen LogP contribution in [0.3, 0.4) is 0 Å². The van der Waals surface area contributed by atoms with Gasteiger partial charge >= 0.3 is 0 Å². The van der Waals surface area contributed by atoms with Crippen molar-refractivity contribution in [1.29, 1.82) is 0 Å². The van der Waals surface area contributed by atoms with Gasteiger partial charge in [-0.3, -0.25) is 4.90 Å². The molecule has 1 aromatic carbocycles. The number of likely N-dealkylation sites (tertiary alicyclic amines) is 1. The molecule has 1 unspecified atom stereocenters. The molecule has 0 saturated carbocycles. The zero-order valence-corrected chi connectivity index (χ0v) is 10.0. The van der Waals surface area contributed by atoms with Crippen LogP contribution in [-0.2, 0) is 6.54 Å². The Hall–Kier alpha value is -0.860.